The highest BCUT2D eigenvalue weighted by Gasteiger charge is 2.21. The molecular formula is C24H50O4S. The third kappa shape index (κ3) is 19.6. The van der Waals surface area contributed by atoms with Gasteiger partial charge in [0.25, 0.3) is 10.1 Å². The van der Waals surface area contributed by atoms with Gasteiger partial charge in [-0.25, -0.2) is 0 Å². The molecule has 0 aliphatic heterocycles. The summed E-state index contributed by atoms with van der Waals surface area (Å²) in [4.78, 5) is 0. The lowest BCUT2D eigenvalue weighted by Crippen LogP contribution is -2.20. The lowest BCUT2D eigenvalue weighted by molar-refractivity contribution is 0.150. The van der Waals surface area contributed by atoms with Crippen molar-refractivity contribution in [2.45, 2.75) is 154 Å². The standard InChI is InChI=1S/C24H50O4S/c1-3-5-16-21-24(29(26,27)28)22-18-15-13-11-9-7-6-8-10-12-14-17-20-23(25)19-4-2/h23-25H,3-22H2,1-2H3,(H,26,27,28). The van der Waals surface area contributed by atoms with Crippen molar-refractivity contribution in [1.82, 2.24) is 0 Å². The summed E-state index contributed by atoms with van der Waals surface area (Å²) < 4.78 is 32.3. The first kappa shape index (κ1) is 28.9. The van der Waals surface area contributed by atoms with Crippen LogP contribution in [0.25, 0.3) is 0 Å². The van der Waals surface area contributed by atoms with E-state index < -0.39 is 15.4 Å². The molecule has 176 valence electrons. The zero-order chi connectivity index (χ0) is 21.8. The first-order chi connectivity index (χ1) is 13.9. The van der Waals surface area contributed by atoms with E-state index in [4.69, 9.17) is 0 Å². The molecular weight excluding hydrogens is 384 g/mol. The molecule has 0 aromatic carbocycles. The highest BCUT2D eigenvalue weighted by Crippen LogP contribution is 2.19. The van der Waals surface area contributed by atoms with Crippen LogP contribution in [0.1, 0.15) is 142 Å². The Balaban J connectivity index is 3.43. The van der Waals surface area contributed by atoms with Crippen molar-refractivity contribution in [2.24, 2.45) is 0 Å². The third-order valence-corrected chi connectivity index (χ3v) is 7.30. The predicted octanol–water partition coefficient (Wildman–Crippen LogP) is 7.45. The Bertz CT molecular complexity index is 436. The quantitative estimate of drug-likeness (QED) is 0.137. The molecule has 0 aliphatic carbocycles. The second-order valence-corrected chi connectivity index (χ2v) is 10.6. The van der Waals surface area contributed by atoms with Crippen LogP contribution in [-0.2, 0) is 10.1 Å². The minimum absolute atomic E-state index is 0.0833. The summed E-state index contributed by atoms with van der Waals surface area (Å²) in [6, 6.07) is 0. The van der Waals surface area contributed by atoms with Crippen molar-refractivity contribution in [3.8, 4) is 0 Å². The molecule has 0 rings (SSSR count). The predicted molar refractivity (Wildman–Crippen MR) is 125 cm³/mol. The van der Waals surface area contributed by atoms with E-state index in [2.05, 4.69) is 13.8 Å². The monoisotopic (exact) mass is 434 g/mol. The molecule has 0 bridgehead atoms. The maximum absolute atomic E-state index is 11.5. The largest absolute Gasteiger partial charge is 0.393 e. The van der Waals surface area contributed by atoms with Gasteiger partial charge in [0, 0.05) is 0 Å². The minimum Gasteiger partial charge on any atom is -0.393 e. The fraction of sp³-hybridized carbons (Fsp3) is 1.00. The van der Waals surface area contributed by atoms with E-state index in [0.29, 0.717) is 12.8 Å². The fourth-order valence-electron chi connectivity index (χ4n) is 4.06. The van der Waals surface area contributed by atoms with Crippen molar-refractivity contribution in [3.05, 3.63) is 0 Å². The Kier molecular flexibility index (Phi) is 19.7. The van der Waals surface area contributed by atoms with E-state index in [1.165, 1.54) is 57.8 Å². The molecule has 0 radical (unpaired) electrons. The van der Waals surface area contributed by atoms with E-state index in [9.17, 15) is 18.1 Å². The second-order valence-electron chi connectivity index (χ2n) is 8.90. The normalized spacial score (nSPS) is 14.2. The van der Waals surface area contributed by atoms with Gasteiger partial charge < -0.3 is 5.11 Å². The van der Waals surface area contributed by atoms with Gasteiger partial charge in [0.1, 0.15) is 0 Å². The Morgan fingerprint density at radius 1 is 0.552 bits per heavy atom. The van der Waals surface area contributed by atoms with E-state index in [0.717, 1.165) is 57.8 Å². The maximum atomic E-state index is 11.5. The van der Waals surface area contributed by atoms with E-state index in [-0.39, 0.29) is 6.10 Å². The molecule has 0 saturated carbocycles. The molecule has 4 nitrogen and oxygen atoms in total. The maximum Gasteiger partial charge on any atom is 0.267 e. The van der Waals surface area contributed by atoms with Crippen LogP contribution < -0.4 is 0 Å². The summed E-state index contributed by atoms with van der Waals surface area (Å²) in [6.45, 7) is 4.22. The zero-order valence-corrected chi connectivity index (χ0v) is 20.2. The molecule has 0 saturated heterocycles. The third-order valence-electron chi connectivity index (χ3n) is 5.99. The van der Waals surface area contributed by atoms with Gasteiger partial charge in [-0.2, -0.15) is 8.42 Å². The van der Waals surface area contributed by atoms with E-state index in [1.54, 1.807) is 0 Å². The number of hydrogen-bond donors (Lipinski definition) is 2. The molecule has 0 spiro atoms. The van der Waals surface area contributed by atoms with Crippen LogP contribution >= 0.6 is 0 Å². The zero-order valence-electron chi connectivity index (χ0n) is 19.4. The minimum atomic E-state index is -3.88. The van der Waals surface area contributed by atoms with Crippen molar-refractivity contribution >= 4 is 10.1 Å². The van der Waals surface area contributed by atoms with Crippen LogP contribution in [-0.4, -0.2) is 29.4 Å². The van der Waals surface area contributed by atoms with Crippen LogP contribution in [0.4, 0.5) is 0 Å². The van der Waals surface area contributed by atoms with Crippen molar-refractivity contribution in [1.29, 1.82) is 0 Å². The fourth-order valence-corrected chi connectivity index (χ4v) is 4.99. The van der Waals surface area contributed by atoms with Crippen molar-refractivity contribution < 1.29 is 18.1 Å². The van der Waals surface area contributed by atoms with Gasteiger partial charge in [-0.3, -0.25) is 4.55 Å². The molecule has 0 fully saturated rings. The summed E-state index contributed by atoms with van der Waals surface area (Å²) in [7, 11) is -3.88. The Labute approximate surface area is 182 Å². The molecule has 2 N–H and O–H groups in total. The van der Waals surface area contributed by atoms with Crippen LogP contribution in [0.15, 0.2) is 0 Å². The lowest BCUT2D eigenvalue weighted by Gasteiger charge is -2.13. The Morgan fingerprint density at radius 2 is 0.931 bits per heavy atom. The van der Waals surface area contributed by atoms with Crippen molar-refractivity contribution in [2.75, 3.05) is 0 Å². The Morgan fingerprint density at radius 3 is 1.31 bits per heavy atom. The molecule has 5 heteroatoms. The smallest absolute Gasteiger partial charge is 0.267 e. The number of rotatable bonds is 22. The number of aliphatic hydroxyl groups is 1. The molecule has 2 atom stereocenters. The van der Waals surface area contributed by atoms with E-state index in [1.807, 2.05) is 0 Å². The average molecular weight is 435 g/mol. The summed E-state index contributed by atoms with van der Waals surface area (Å²) >= 11 is 0. The molecule has 0 aromatic heterocycles. The van der Waals surface area contributed by atoms with Crippen molar-refractivity contribution in [3.63, 3.8) is 0 Å². The van der Waals surface area contributed by atoms with Crippen LogP contribution in [0.5, 0.6) is 0 Å². The SMILES string of the molecule is CCCCCC(CCCCCCCCCCCCCCC(O)CCC)S(=O)(=O)O. The van der Waals surface area contributed by atoms with Crippen LogP contribution in [0.3, 0.4) is 0 Å². The molecule has 0 heterocycles. The number of unbranched alkanes of at least 4 members (excludes halogenated alkanes) is 13. The molecule has 0 aliphatic rings. The van der Waals surface area contributed by atoms with Gasteiger partial charge >= 0.3 is 0 Å². The second kappa shape index (κ2) is 19.8. The molecule has 2 unspecified atom stereocenters. The van der Waals surface area contributed by atoms with Gasteiger partial charge in [0.05, 0.1) is 11.4 Å². The topological polar surface area (TPSA) is 74.6 Å². The Hall–Kier alpha value is -0.130. The van der Waals surface area contributed by atoms with Gasteiger partial charge in [0.2, 0.25) is 0 Å². The van der Waals surface area contributed by atoms with Gasteiger partial charge in [-0.15, -0.1) is 0 Å². The molecule has 0 aromatic rings. The van der Waals surface area contributed by atoms with Gasteiger partial charge in [-0.1, -0.05) is 117 Å². The van der Waals surface area contributed by atoms with Crippen LogP contribution in [0, 0.1) is 0 Å². The summed E-state index contributed by atoms with van der Waals surface area (Å²) in [5, 5.41) is 9.14. The first-order valence-corrected chi connectivity index (χ1v) is 14.1. The number of aliphatic hydroxyl groups excluding tert-OH is 1. The van der Waals surface area contributed by atoms with Gasteiger partial charge in [0.15, 0.2) is 0 Å². The van der Waals surface area contributed by atoms with E-state index >= 15 is 0 Å². The summed E-state index contributed by atoms with van der Waals surface area (Å²) in [5.41, 5.74) is 0. The van der Waals surface area contributed by atoms with Crippen LogP contribution in [0.2, 0.25) is 0 Å². The number of hydrogen-bond acceptors (Lipinski definition) is 3. The average Bonchev–Trinajstić information content (AvgIpc) is 2.66. The lowest BCUT2D eigenvalue weighted by atomic mass is 10.0. The molecule has 29 heavy (non-hydrogen) atoms. The highest BCUT2D eigenvalue weighted by molar-refractivity contribution is 7.86. The highest BCUT2D eigenvalue weighted by atomic mass is 32.2. The summed E-state index contributed by atoms with van der Waals surface area (Å²) in [6.07, 6.45) is 21.8. The molecule has 0 amide bonds. The van der Waals surface area contributed by atoms with Gasteiger partial charge in [-0.05, 0) is 25.7 Å². The summed E-state index contributed by atoms with van der Waals surface area (Å²) in [5.74, 6) is 0. The first-order valence-electron chi connectivity index (χ1n) is 12.6.